The molecule has 5 nitrogen and oxygen atoms in total. The molecule has 1 unspecified atom stereocenters. The van der Waals surface area contributed by atoms with Gasteiger partial charge in [-0.3, -0.25) is 4.99 Å². The Hall–Kier alpha value is -2.44. The van der Waals surface area contributed by atoms with Crippen LogP contribution in [0.4, 0.5) is 0 Å². The van der Waals surface area contributed by atoms with Gasteiger partial charge in [-0.2, -0.15) is 0 Å². The first-order chi connectivity index (χ1) is 16.7. The second-order valence-electron chi connectivity index (χ2n) is 11.9. The highest BCUT2D eigenvalue weighted by Gasteiger charge is 2.50. The molecule has 0 spiro atoms. The number of rotatable bonds is 9. The van der Waals surface area contributed by atoms with Crippen molar-refractivity contribution < 1.29 is 18.8 Å². The lowest BCUT2D eigenvalue weighted by atomic mass is 9.81. The van der Waals surface area contributed by atoms with Crippen LogP contribution in [0.3, 0.4) is 0 Å². The molecular weight excluding hydrogens is 449 g/mol. The van der Waals surface area contributed by atoms with E-state index in [0.717, 1.165) is 36.0 Å². The molecule has 2 aromatic rings. The van der Waals surface area contributed by atoms with Gasteiger partial charge in [-0.1, -0.05) is 73.5 Å². The van der Waals surface area contributed by atoms with Crippen LogP contribution in [-0.4, -0.2) is 41.1 Å². The van der Waals surface area contributed by atoms with Crippen molar-refractivity contribution in [3.05, 3.63) is 71.8 Å². The highest BCUT2D eigenvalue weighted by molar-refractivity contribution is 6.45. The summed E-state index contributed by atoms with van der Waals surface area (Å²) in [6.07, 6.45) is 2.98. The van der Waals surface area contributed by atoms with E-state index in [9.17, 15) is 4.79 Å². The molecule has 0 amide bonds. The first kappa shape index (κ1) is 28.1. The number of carbonyl (C=O) groups excluding carboxylic acids is 1. The predicted molar refractivity (Wildman–Crippen MR) is 148 cm³/mol. The van der Waals surface area contributed by atoms with Crippen molar-refractivity contribution in [2.24, 2.45) is 4.99 Å². The summed E-state index contributed by atoms with van der Waals surface area (Å²) in [7, 11) is -0.240. The highest BCUT2D eigenvalue weighted by Crippen LogP contribution is 2.38. The standard InChI is InChI=1S/C30H42BNO4/c1-27(2,3)34-26(33)30(8,21-15-16-22-31-35-28(4,5)29(6,7)36-31)32-25(23-17-11-9-12-18-23)24-19-13-10-14-20-24/h9-14,17-20H,15-16,21-22H2,1-8H3. The molecule has 0 aromatic heterocycles. The van der Waals surface area contributed by atoms with Gasteiger partial charge >= 0.3 is 13.1 Å². The molecule has 0 radical (unpaired) electrons. The maximum Gasteiger partial charge on any atom is 0.457 e. The molecule has 3 rings (SSSR count). The van der Waals surface area contributed by atoms with Crippen molar-refractivity contribution in [2.75, 3.05) is 0 Å². The van der Waals surface area contributed by atoms with Crippen LogP contribution in [-0.2, 0) is 18.8 Å². The molecule has 2 aromatic carbocycles. The lowest BCUT2D eigenvalue weighted by Gasteiger charge is -2.32. The van der Waals surface area contributed by atoms with Gasteiger partial charge in [0.1, 0.15) is 5.60 Å². The van der Waals surface area contributed by atoms with Crippen molar-refractivity contribution in [2.45, 2.75) is 103 Å². The van der Waals surface area contributed by atoms with Crippen molar-refractivity contribution in [3.8, 4) is 0 Å². The second kappa shape index (κ2) is 10.9. The van der Waals surface area contributed by atoms with E-state index in [1.165, 1.54) is 0 Å². The Morgan fingerprint density at radius 2 is 1.31 bits per heavy atom. The van der Waals surface area contributed by atoms with E-state index in [0.29, 0.717) is 6.42 Å². The van der Waals surface area contributed by atoms with Crippen LogP contribution >= 0.6 is 0 Å². The molecule has 1 aliphatic heterocycles. The number of carbonyl (C=O) groups is 1. The lowest BCUT2D eigenvalue weighted by Crippen LogP contribution is -2.41. The zero-order valence-electron chi connectivity index (χ0n) is 23.3. The number of unbranched alkanes of at least 4 members (excludes halogenated alkanes) is 1. The third-order valence-corrected chi connectivity index (χ3v) is 6.95. The first-order valence-corrected chi connectivity index (χ1v) is 13.0. The van der Waals surface area contributed by atoms with E-state index in [1.807, 2.05) is 88.4 Å². The van der Waals surface area contributed by atoms with Gasteiger partial charge in [0.05, 0.1) is 16.9 Å². The molecule has 1 aliphatic rings. The number of hydrogen-bond donors (Lipinski definition) is 0. The summed E-state index contributed by atoms with van der Waals surface area (Å²) in [4.78, 5) is 18.6. The van der Waals surface area contributed by atoms with Crippen LogP contribution in [0, 0.1) is 0 Å². The molecule has 1 fully saturated rings. The SMILES string of the molecule is CC(C)(C)OC(=O)C(C)(CCCCB1OC(C)(C)C(C)(C)O1)N=C(c1ccccc1)c1ccccc1. The van der Waals surface area contributed by atoms with Gasteiger partial charge in [0.2, 0.25) is 0 Å². The molecule has 1 atom stereocenters. The number of aliphatic imine (C=N–C) groups is 1. The van der Waals surface area contributed by atoms with E-state index in [-0.39, 0.29) is 24.3 Å². The molecule has 0 bridgehead atoms. The van der Waals surface area contributed by atoms with E-state index in [4.69, 9.17) is 19.0 Å². The molecule has 0 aliphatic carbocycles. The third-order valence-electron chi connectivity index (χ3n) is 6.95. The van der Waals surface area contributed by atoms with Crippen LogP contribution in [0.5, 0.6) is 0 Å². The average Bonchev–Trinajstić information content (AvgIpc) is 3.01. The first-order valence-electron chi connectivity index (χ1n) is 13.0. The van der Waals surface area contributed by atoms with Crippen LogP contribution in [0.2, 0.25) is 6.32 Å². The average molecular weight is 491 g/mol. The summed E-state index contributed by atoms with van der Waals surface area (Å²) in [5.74, 6) is -0.310. The lowest BCUT2D eigenvalue weighted by molar-refractivity contribution is -0.161. The number of hydrogen-bond acceptors (Lipinski definition) is 5. The fourth-order valence-corrected chi connectivity index (χ4v) is 4.19. The topological polar surface area (TPSA) is 57.1 Å². The monoisotopic (exact) mass is 491 g/mol. The Morgan fingerprint density at radius 1 is 0.833 bits per heavy atom. The smallest absolute Gasteiger partial charge is 0.457 e. The number of benzene rings is 2. The van der Waals surface area contributed by atoms with Gasteiger partial charge in [-0.05, 0) is 68.1 Å². The second-order valence-corrected chi connectivity index (χ2v) is 11.9. The summed E-state index contributed by atoms with van der Waals surface area (Å²) < 4.78 is 18.2. The largest absolute Gasteiger partial charge is 0.458 e. The zero-order chi connectivity index (χ0) is 26.6. The Kier molecular flexibility index (Phi) is 8.52. The van der Waals surface area contributed by atoms with Gasteiger partial charge in [0.25, 0.3) is 0 Å². The van der Waals surface area contributed by atoms with Gasteiger partial charge < -0.3 is 14.0 Å². The Labute approximate surface area is 217 Å². The summed E-state index contributed by atoms with van der Waals surface area (Å²) in [6, 6.07) is 20.0. The quantitative estimate of drug-likeness (QED) is 0.166. The van der Waals surface area contributed by atoms with Crippen molar-refractivity contribution in [1.29, 1.82) is 0 Å². The van der Waals surface area contributed by atoms with Crippen molar-refractivity contribution >= 4 is 18.8 Å². The van der Waals surface area contributed by atoms with Gasteiger partial charge in [0.15, 0.2) is 5.54 Å². The Balaban J connectivity index is 1.84. The highest BCUT2D eigenvalue weighted by atomic mass is 16.7. The van der Waals surface area contributed by atoms with E-state index in [2.05, 4.69) is 27.7 Å². The maximum atomic E-state index is 13.5. The zero-order valence-corrected chi connectivity index (χ0v) is 23.3. The molecule has 0 saturated carbocycles. The fraction of sp³-hybridized carbons (Fsp3) is 0.533. The molecule has 1 saturated heterocycles. The van der Waals surface area contributed by atoms with Crippen molar-refractivity contribution in [1.82, 2.24) is 0 Å². The van der Waals surface area contributed by atoms with E-state index >= 15 is 0 Å². The van der Waals surface area contributed by atoms with Crippen LogP contribution in [0.25, 0.3) is 0 Å². The summed E-state index contributed by atoms with van der Waals surface area (Å²) in [5, 5.41) is 0. The summed E-state index contributed by atoms with van der Waals surface area (Å²) in [5.41, 5.74) is 0.406. The van der Waals surface area contributed by atoms with Crippen molar-refractivity contribution in [3.63, 3.8) is 0 Å². The van der Waals surface area contributed by atoms with E-state index < -0.39 is 11.1 Å². The molecule has 0 N–H and O–H groups in total. The molecule has 1 heterocycles. The minimum absolute atomic E-state index is 0.240. The summed E-state index contributed by atoms with van der Waals surface area (Å²) >= 11 is 0. The van der Waals surface area contributed by atoms with Gasteiger partial charge in [0, 0.05) is 11.1 Å². The number of esters is 1. The molecule has 194 valence electrons. The normalized spacial score (nSPS) is 18.4. The van der Waals surface area contributed by atoms with Crippen LogP contribution < -0.4 is 0 Å². The van der Waals surface area contributed by atoms with Gasteiger partial charge in [-0.25, -0.2) is 4.79 Å². The maximum absolute atomic E-state index is 13.5. The number of ether oxygens (including phenoxy) is 1. The van der Waals surface area contributed by atoms with E-state index in [1.54, 1.807) is 0 Å². The Morgan fingerprint density at radius 3 is 1.75 bits per heavy atom. The van der Waals surface area contributed by atoms with Crippen LogP contribution in [0.15, 0.2) is 65.7 Å². The predicted octanol–water partition coefficient (Wildman–Crippen LogP) is 6.89. The minimum atomic E-state index is -1.04. The molecule has 6 heteroatoms. The Bertz CT molecular complexity index is 986. The van der Waals surface area contributed by atoms with Crippen LogP contribution in [0.1, 0.15) is 85.8 Å². The number of nitrogens with zero attached hydrogens (tertiary/aromatic N) is 1. The molecule has 36 heavy (non-hydrogen) atoms. The summed E-state index contributed by atoms with van der Waals surface area (Å²) in [6.45, 7) is 15.8. The third kappa shape index (κ3) is 7.07. The molecular formula is C30H42BNO4. The van der Waals surface area contributed by atoms with Gasteiger partial charge in [-0.15, -0.1) is 0 Å². The fourth-order valence-electron chi connectivity index (χ4n) is 4.19. The minimum Gasteiger partial charge on any atom is -0.458 e.